The summed E-state index contributed by atoms with van der Waals surface area (Å²) < 4.78 is 1.66. The van der Waals surface area contributed by atoms with Crippen LogP contribution >= 0.6 is 0 Å². The highest BCUT2D eigenvalue weighted by Crippen LogP contribution is 2.18. The number of rotatable bonds is 9. The minimum atomic E-state index is -1.08. The first-order chi connectivity index (χ1) is 14.2. The largest absolute Gasteiger partial charge is 0.383 e. The fourth-order valence-electron chi connectivity index (χ4n) is 2.79. The number of aromatic nitrogens is 2. The number of hydrogen-bond acceptors (Lipinski definition) is 4. The third-order valence-corrected chi connectivity index (χ3v) is 4.87. The maximum Gasteiger partial charge on any atom is 0.251 e. The van der Waals surface area contributed by atoms with E-state index in [1.165, 1.54) is 0 Å². The van der Waals surface area contributed by atoms with Gasteiger partial charge >= 0.3 is 0 Å². The summed E-state index contributed by atoms with van der Waals surface area (Å²) in [6, 6.07) is 7.61. The number of carbonyl (C=O) groups is 1. The van der Waals surface area contributed by atoms with Crippen LogP contribution in [0.2, 0.25) is 0 Å². The molecule has 0 fully saturated rings. The van der Waals surface area contributed by atoms with Crippen molar-refractivity contribution in [3.05, 3.63) is 53.3 Å². The van der Waals surface area contributed by atoms with E-state index in [-0.39, 0.29) is 18.5 Å². The first-order valence-corrected chi connectivity index (χ1v) is 10.4. The molecule has 2 aromatic rings. The van der Waals surface area contributed by atoms with Crippen molar-refractivity contribution in [3.8, 4) is 0 Å². The van der Waals surface area contributed by atoms with Crippen LogP contribution in [0, 0.1) is 0 Å². The second-order valence-electron chi connectivity index (χ2n) is 7.71. The van der Waals surface area contributed by atoms with Crippen LogP contribution in [0.15, 0.2) is 41.7 Å². The van der Waals surface area contributed by atoms with E-state index < -0.39 is 5.60 Å². The van der Waals surface area contributed by atoms with Crippen LogP contribution in [0.4, 0.5) is 0 Å². The number of aliphatic imine (C=N–C) groups is 1. The van der Waals surface area contributed by atoms with E-state index in [0.29, 0.717) is 24.6 Å². The Morgan fingerprint density at radius 3 is 2.73 bits per heavy atom. The molecule has 0 saturated heterocycles. The molecule has 164 valence electrons. The Balaban J connectivity index is 2.03. The van der Waals surface area contributed by atoms with Gasteiger partial charge in [-0.25, -0.2) is 4.99 Å². The lowest BCUT2D eigenvalue weighted by Crippen LogP contribution is -2.44. The van der Waals surface area contributed by atoms with Crippen molar-refractivity contribution in [2.24, 2.45) is 12.0 Å². The number of guanidine groups is 1. The van der Waals surface area contributed by atoms with E-state index in [9.17, 15) is 9.90 Å². The van der Waals surface area contributed by atoms with Gasteiger partial charge in [0, 0.05) is 37.0 Å². The van der Waals surface area contributed by atoms with Crippen LogP contribution in [0.25, 0.3) is 0 Å². The summed E-state index contributed by atoms with van der Waals surface area (Å²) in [6.45, 7) is 9.13. The van der Waals surface area contributed by atoms with Crippen LogP contribution in [-0.2, 0) is 19.2 Å². The summed E-state index contributed by atoms with van der Waals surface area (Å²) in [5.41, 5.74) is 1.20. The molecule has 1 aromatic heterocycles. The van der Waals surface area contributed by atoms with Gasteiger partial charge in [-0.3, -0.25) is 9.48 Å². The van der Waals surface area contributed by atoms with Crippen LogP contribution in [0.1, 0.15) is 55.6 Å². The van der Waals surface area contributed by atoms with Gasteiger partial charge in [0.25, 0.3) is 5.91 Å². The topological polar surface area (TPSA) is 104 Å². The van der Waals surface area contributed by atoms with Gasteiger partial charge in [-0.2, -0.15) is 5.10 Å². The fraction of sp³-hybridized carbons (Fsp3) is 0.500. The average Bonchev–Trinajstić information content (AvgIpc) is 3.17. The Morgan fingerprint density at radius 1 is 1.33 bits per heavy atom. The molecule has 0 radical (unpaired) electrons. The molecule has 0 spiro atoms. The molecular weight excluding hydrogens is 380 g/mol. The molecule has 2 unspecified atom stereocenters. The Labute approximate surface area is 178 Å². The number of aliphatic hydroxyl groups is 1. The molecule has 0 aliphatic carbocycles. The summed E-state index contributed by atoms with van der Waals surface area (Å²) in [5.74, 6) is 0.517. The molecule has 1 aromatic carbocycles. The summed E-state index contributed by atoms with van der Waals surface area (Å²) in [6.07, 6.45) is 4.33. The zero-order valence-electron chi connectivity index (χ0n) is 18.6. The van der Waals surface area contributed by atoms with Crippen LogP contribution in [-0.4, -0.2) is 45.9 Å². The van der Waals surface area contributed by atoms with E-state index in [0.717, 1.165) is 17.5 Å². The maximum atomic E-state index is 12.3. The lowest BCUT2D eigenvalue weighted by molar-refractivity contribution is 0.0616. The van der Waals surface area contributed by atoms with E-state index >= 15 is 0 Å². The van der Waals surface area contributed by atoms with Gasteiger partial charge in [-0.05, 0) is 44.9 Å². The predicted molar refractivity (Wildman–Crippen MR) is 119 cm³/mol. The van der Waals surface area contributed by atoms with Crippen molar-refractivity contribution in [2.75, 3.05) is 13.1 Å². The summed E-state index contributed by atoms with van der Waals surface area (Å²) in [7, 11) is 1.82. The molecule has 8 heteroatoms. The Hall–Kier alpha value is -2.87. The number of aryl methyl sites for hydroxylation is 1. The van der Waals surface area contributed by atoms with Crippen molar-refractivity contribution in [1.82, 2.24) is 25.7 Å². The van der Waals surface area contributed by atoms with Gasteiger partial charge in [-0.1, -0.05) is 19.1 Å². The quantitative estimate of drug-likeness (QED) is 0.371. The maximum absolute atomic E-state index is 12.3. The zero-order chi connectivity index (χ0) is 22.1. The van der Waals surface area contributed by atoms with Crippen LogP contribution in [0.3, 0.4) is 0 Å². The van der Waals surface area contributed by atoms with E-state index in [4.69, 9.17) is 0 Å². The van der Waals surface area contributed by atoms with Crippen molar-refractivity contribution in [3.63, 3.8) is 0 Å². The summed E-state index contributed by atoms with van der Waals surface area (Å²) in [5, 5.41) is 24.2. The SMILES string of the molecule is CCNC(=NCc1cccc(C(=O)NC(C)CC)c1)NCC(C)(O)c1cnn(C)c1. The zero-order valence-corrected chi connectivity index (χ0v) is 18.6. The first kappa shape index (κ1) is 23.4. The van der Waals surface area contributed by atoms with Gasteiger partial charge in [0.2, 0.25) is 0 Å². The van der Waals surface area contributed by atoms with Gasteiger partial charge in [-0.15, -0.1) is 0 Å². The second-order valence-corrected chi connectivity index (χ2v) is 7.71. The van der Waals surface area contributed by atoms with Crippen molar-refractivity contribution in [2.45, 2.75) is 52.3 Å². The lowest BCUT2D eigenvalue weighted by Gasteiger charge is -2.23. The summed E-state index contributed by atoms with van der Waals surface area (Å²) in [4.78, 5) is 16.9. The minimum absolute atomic E-state index is 0.0762. The molecular formula is C22H34N6O2. The van der Waals surface area contributed by atoms with Crippen molar-refractivity contribution >= 4 is 11.9 Å². The molecule has 0 aliphatic rings. The normalized spacial score (nSPS) is 14.7. The van der Waals surface area contributed by atoms with Crippen molar-refractivity contribution < 1.29 is 9.90 Å². The smallest absolute Gasteiger partial charge is 0.251 e. The third kappa shape index (κ3) is 6.88. The van der Waals surface area contributed by atoms with Gasteiger partial charge in [0.15, 0.2) is 5.96 Å². The number of nitrogens with zero attached hydrogens (tertiary/aromatic N) is 3. The first-order valence-electron chi connectivity index (χ1n) is 10.4. The Morgan fingerprint density at radius 2 is 2.10 bits per heavy atom. The fourth-order valence-corrected chi connectivity index (χ4v) is 2.79. The molecule has 2 rings (SSSR count). The molecule has 8 nitrogen and oxygen atoms in total. The monoisotopic (exact) mass is 414 g/mol. The van der Waals surface area contributed by atoms with E-state index in [1.807, 2.05) is 46.0 Å². The molecule has 2 atom stereocenters. The minimum Gasteiger partial charge on any atom is -0.383 e. The molecule has 1 heterocycles. The molecule has 4 N–H and O–H groups in total. The number of hydrogen-bond donors (Lipinski definition) is 4. The standard InChI is InChI=1S/C22H34N6O2/c1-6-16(3)27-20(29)18-10-8-9-17(11-18)12-24-21(23-7-2)25-15-22(4,30)19-13-26-28(5)14-19/h8-11,13-14,16,30H,6-7,12,15H2,1-5H3,(H,27,29)(H2,23,24,25). The molecule has 1 amide bonds. The van der Waals surface area contributed by atoms with Crippen LogP contribution in [0.5, 0.6) is 0 Å². The highest BCUT2D eigenvalue weighted by Gasteiger charge is 2.25. The highest BCUT2D eigenvalue weighted by molar-refractivity contribution is 5.94. The number of carbonyl (C=O) groups excluding carboxylic acids is 1. The van der Waals surface area contributed by atoms with Gasteiger partial charge in [0.05, 0.1) is 19.3 Å². The molecule has 0 bridgehead atoms. The Bertz CT molecular complexity index is 859. The van der Waals surface area contributed by atoms with E-state index in [2.05, 4.69) is 26.0 Å². The van der Waals surface area contributed by atoms with Gasteiger partial charge < -0.3 is 21.1 Å². The molecule has 0 saturated carbocycles. The Kier molecular flexibility index (Phi) is 8.41. The number of nitrogens with one attached hydrogen (secondary N) is 3. The summed E-state index contributed by atoms with van der Waals surface area (Å²) >= 11 is 0. The predicted octanol–water partition coefficient (Wildman–Crippen LogP) is 1.91. The number of benzene rings is 1. The third-order valence-electron chi connectivity index (χ3n) is 4.87. The number of amides is 1. The molecule has 0 aliphatic heterocycles. The average molecular weight is 415 g/mol. The lowest BCUT2D eigenvalue weighted by atomic mass is 10.00. The van der Waals surface area contributed by atoms with Crippen LogP contribution < -0.4 is 16.0 Å². The second kappa shape index (κ2) is 10.8. The molecule has 30 heavy (non-hydrogen) atoms. The van der Waals surface area contributed by atoms with Crippen molar-refractivity contribution in [1.29, 1.82) is 0 Å². The highest BCUT2D eigenvalue weighted by atomic mass is 16.3. The van der Waals surface area contributed by atoms with E-state index in [1.54, 1.807) is 30.1 Å². The van der Waals surface area contributed by atoms with Gasteiger partial charge in [0.1, 0.15) is 5.60 Å².